The number of aryl methyl sites for hydroxylation is 1. The zero-order valence-electron chi connectivity index (χ0n) is 11.8. The first-order valence-corrected chi connectivity index (χ1v) is 6.85. The van der Waals surface area contributed by atoms with Gasteiger partial charge in [0.25, 0.3) is 0 Å². The van der Waals surface area contributed by atoms with Crippen molar-refractivity contribution in [2.24, 2.45) is 5.92 Å². The number of ether oxygens (including phenoxy) is 1. The second-order valence-electron chi connectivity index (χ2n) is 5.33. The Balaban J connectivity index is 2.01. The molecule has 1 aliphatic heterocycles. The SMILES string of the molecule is Cc1cc(NC(=O)C2CCNC2)ccc1OC(C)C. The molecule has 1 amide bonds. The van der Waals surface area contributed by atoms with Crippen molar-refractivity contribution in [3.8, 4) is 5.75 Å². The molecule has 0 spiro atoms. The number of carbonyl (C=O) groups is 1. The lowest BCUT2D eigenvalue weighted by Gasteiger charge is -2.14. The van der Waals surface area contributed by atoms with Gasteiger partial charge in [0.15, 0.2) is 0 Å². The van der Waals surface area contributed by atoms with Crippen molar-refractivity contribution in [3.63, 3.8) is 0 Å². The molecular weight excluding hydrogens is 240 g/mol. The van der Waals surface area contributed by atoms with Crippen LogP contribution in [-0.2, 0) is 4.79 Å². The van der Waals surface area contributed by atoms with Crippen molar-refractivity contribution in [2.45, 2.75) is 33.3 Å². The molecule has 104 valence electrons. The summed E-state index contributed by atoms with van der Waals surface area (Å²) in [5, 5.41) is 6.17. The van der Waals surface area contributed by atoms with E-state index in [1.165, 1.54) is 0 Å². The Morgan fingerprint density at radius 1 is 1.47 bits per heavy atom. The van der Waals surface area contributed by atoms with E-state index in [2.05, 4.69) is 10.6 Å². The van der Waals surface area contributed by atoms with Crippen molar-refractivity contribution in [1.82, 2.24) is 5.32 Å². The van der Waals surface area contributed by atoms with Crippen LogP contribution in [0.4, 0.5) is 5.69 Å². The average molecular weight is 262 g/mol. The van der Waals surface area contributed by atoms with Crippen molar-refractivity contribution < 1.29 is 9.53 Å². The highest BCUT2D eigenvalue weighted by Gasteiger charge is 2.22. The minimum Gasteiger partial charge on any atom is -0.491 e. The summed E-state index contributed by atoms with van der Waals surface area (Å²) < 4.78 is 5.68. The van der Waals surface area contributed by atoms with E-state index in [0.29, 0.717) is 0 Å². The van der Waals surface area contributed by atoms with Gasteiger partial charge in [-0.3, -0.25) is 4.79 Å². The summed E-state index contributed by atoms with van der Waals surface area (Å²) in [6, 6.07) is 5.76. The Kier molecular flexibility index (Phi) is 4.43. The Hall–Kier alpha value is -1.55. The Bertz CT molecular complexity index is 451. The topological polar surface area (TPSA) is 50.4 Å². The summed E-state index contributed by atoms with van der Waals surface area (Å²) in [5.41, 5.74) is 1.88. The standard InChI is InChI=1S/C15H22N2O2/c1-10(2)19-14-5-4-13(8-11(14)3)17-15(18)12-6-7-16-9-12/h4-5,8,10,12,16H,6-7,9H2,1-3H3,(H,17,18). The van der Waals surface area contributed by atoms with Crippen molar-refractivity contribution in [2.75, 3.05) is 18.4 Å². The first-order valence-electron chi connectivity index (χ1n) is 6.85. The molecule has 1 atom stereocenters. The second-order valence-corrected chi connectivity index (χ2v) is 5.33. The molecule has 1 heterocycles. The van der Waals surface area contributed by atoms with Crippen LogP contribution in [0.3, 0.4) is 0 Å². The highest BCUT2D eigenvalue weighted by Crippen LogP contribution is 2.23. The minimum atomic E-state index is 0.0897. The smallest absolute Gasteiger partial charge is 0.228 e. The summed E-state index contributed by atoms with van der Waals surface area (Å²) in [4.78, 5) is 12.0. The first kappa shape index (κ1) is 13.9. The fraction of sp³-hybridized carbons (Fsp3) is 0.533. The number of benzene rings is 1. The number of anilines is 1. The van der Waals surface area contributed by atoms with Gasteiger partial charge in [-0.2, -0.15) is 0 Å². The lowest BCUT2D eigenvalue weighted by atomic mass is 10.1. The molecule has 0 saturated carbocycles. The van der Waals surface area contributed by atoms with E-state index in [4.69, 9.17) is 4.74 Å². The molecule has 2 N–H and O–H groups in total. The zero-order valence-corrected chi connectivity index (χ0v) is 11.8. The van der Waals surface area contributed by atoms with Gasteiger partial charge in [0.1, 0.15) is 5.75 Å². The lowest BCUT2D eigenvalue weighted by molar-refractivity contribution is -0.119. The molecule has 1 aromatic carbocycles. The molecule has 0 bridgehead atoms. The quantitative estimate of drug-likeness (QED) is 0.875. The molecule has 4 heteroatoms. The molecule has 1 aromatic rings. The number of hydrogen-bond acceptors (Lipinski definition) is 3. The van der Waals surface area contributed by atoms with Crippen LogP contribution in [0.2, 0.25) is 0 Å². The molecule has 2 rings (SSSR count). The van der Waals surface area contributed by atoms with Crippen LogP contribution in [0.25, 0.3) is 0 Å². The summed E-state index contributed by atoms with van der Waals surface area (Å²) in [7, 11) is 0. The summed E-state index contributed by atoms with van der Waals surface area (Å²) in [5.74, 6) is 1.06. The van der Waals surface area contributed by atoms with Crippen LogP contribution in [-0.4, -0.2) is 25.1 Å². The van der Waals surface area contributed by atoms with Crippen LogP contribution in [0.1, 0.15) is 25.8 Å². The summed E-state index contributed by atoms with van der Waals surface area (Å²) in [6.45, 7) is 7.70. The normalized spacial score (nSPS) is 18.6. The van der Waals surface area contributed by atoms with E-state index in [0.717, 1.165) is 36.5 Å². The third-order valence-corrected chi connectivity index (χ3v) is 3.24. The maximum atomic E-state index is 12.0. The molecule has 0 aliphatic carbocycles. The fourth-order valence-electron chi connectivity index (χ4n) is 2.24. The highest BCUT2D eigenvalue weighted by atomic mass is 16.5. The monoisotopic (exact) mass is 262 g/mol. The Morgan fingerprint density at radius 3 is 2.84 bits per heavy atom. The average Bonchev–Trinajstić information content (AvgIpc) is 2.86. The second kappa shape index (κ2) is 6.06. The molecule has 19 heavy (non-hydrogen) atoms. The number of hydrogen-bond donors (Lipinski definition) is 2. The van der Waals surface area contributed by atoms with Crippen LogP contribution >= 0.6 is 0 Å². The van der Waals surface area contributed by atoms with E-state index < -0.39 is 0 Å². The van der Waals surface area contributed by atoms with E-state index >= 15 is 0 Å². The predicted octanol–water partition coefficient (Wildman–Crippen LogP) is 2.33. The van der Waals surface area contributed by atoms with Gasteiger partial charge in [0.2, 0.25) is 5.91 Å². The number of carbonyl (C=O) groups excluding carboxylic acids is 1. The molecular formula is C15H22N2O2. The molecule has 0 radical (unpaired) electrons. The van der Waals surface area contributed by atoms with Gasteiger partial charge >= 0.3 is 0 Å². The molecule has 1 aliphatic rings. The Labute approximate surface area is 114 Å². The van der Waals surface area contributed by atoms with Gasteiger partial charge in [-0.1, -0.05) is 0 Å². The predicted molar refractivity (Wildman–Crippen MR) is 76.5 cm³/mol. The third kappa shape index (κ3) is 3.70. The van der Waals surface area contributed by atoms with Crippen LogP contribution < -0.4 is 15.4 Å². The Morgan fingerprint density at radius 2 is 2.26 bits per heavy atom. The van der Waals surface area contributed by atoms with Gasteiger partial charge in [-0.25, -0.2) is 0 Å². The van der Waals surface area contributed by atoms with E-state index in [1.807, 2.05) is 39.0 Å². The zero-order chi connectivity index (χ0) is 13.8. The first-order chi connectivity index (χ1) is 9.06. The molecule has 0 aromatic heterocycles. The molecule has 1 saturated heterocycles. The number of nitrogens with one attached hydrogen (secondary N) is 2. The molecule has 4 nitrogen and oxygen atoms in total. The van der Waals surface area contributed by atoms with Crippen LogP contribution in [0.5, 0.6) is 5.75 Å². The van der Waals surface area contributed by atoms with Crippen molar-refractivity contribution >= 4 is 11.6 Å². The molecule has 1 fully saturated rings. The van der Waals surface area contributed by atoms with E-state index in [-0.39, 0.29) is 17.9 Å². The van der Waals surface area contributed by atoms with E-state index in [1.54, 1.807) is 0 Å². The lowest BCUT2D eigenvalue weighted by Crippen LogP contribution is -2.24. The maximum absolute atomic E-state index is 12.0. The third-order valence-electron chi connectivity index (χ3n) is 3.24. The van der Waals surface area contributed by atoms with Crippen LogP contribution in [0, 0.1) is 12.8 Å². The van der Waals surface area contributed by atoms with Crippen molar-refractivity contribution in [3.05, 3.63) is 23.8 Å². The number of amides is 1. The molecule has 1 unspecified atom stereocenters. The maximum Gasteiger partial charge on any atom is 0.228 e. The van der Waals surface area contributed by atoms with Gasteiger partial charge in [-0.05, 0) is 57.5 Å². The minimum absolute atomic E-state index is 0.0897. The van der Waals surface area contributed by atoms with Gasteiger partial charge in [0.05, 0.1) is 12.0 Å². The fourth-order valence-corrected chi connectivity index (χ4v) is 2.24. The number of rotatable bonds is 4. The van der Waals surface area contributed by atoms with Crippen molar-refractivity contribution in [1.29, 1.82) is 0 Å². The summed E-state index contributed by atoms with van der Waals surface area (Å²) in [6.07, 6.45) is 1.07. The van der Waals surface area contributed by atoms with Crippen LogP contribution in [0.15, 0.2) is 18.2 Å². The van der Waals surface area contributed by atoms with E-state index in [9.17, 15) is 4.79 Å². The largest absolute Gasteiger partial charge is 0.491 e. The van der Waals surface area contributed by atoms with Gasteiger partial charge in [-0.15, -0.1) is 0 Å². The summed E-state index contributed by atoms with van der Waals surface area (Å²) >= 11 is 0. The van der Waals surface area contributed by atoms with Gasteiger partial charge in [0, 0.05) is 12.2 Å². The highest BCUT2D eigenvalue weighted by molar-refractivity contribution is 5.93. The van der Waals surface area contributed by atoms with Gasteiger partial charge < -0.3 is 15.4 Å².